The largest absolute Gasteiger partial charge is 0.477 e. The summed E-state index contributed by atoms with van der Waals surface area (Å²) in [7, 11) is 1.91. The van der Waals surface area contributed by atoms with Crippen LogP contribution in [0.1, 0.15) is 5.56 Å². The van der Waals surface area contributed by atoms with Gasteiger partial charge in [0.1, 0.15) is 5.70 Å². The zero-order chi connectivity index (χ0) is 19.4. The van der Waals surface area contributed by atoms with Crippen LogP contribution in [0.3, 0.4) is 0 Å². The Balaban J connectivity index is 1.82. The van der Waals surface area contributed by atoms with E-state index in [2.05, 4.69) is 10.3 Å². The number of fused-ring (bicyclic) bond motifs is 1. The SMILES string of the molecule is CNCCSCc1cnccc1SC1=C(C(=O)O)N2C(=O)N(C=O)[C@H]2SC1. The van der Waals surface area contributed by atoms with Gasteiger partial charge in [-0.1, -0.05) is 11.8 Å². The van der Waals surface area contributed by atoms with Crippen molar-refractivity contribution in [1.82, 2.24) is 20.1 Å². The van der Waals surface area contributed by atoms with Gasteiger partial charge in [0.25, 0.3) is 0 Å². The second-order valence-electron chi connectivity index (χ2n) is 5.62. The fourth-order valence-electron chi connectivity index (χ4n) is 2.60. The molecule has 8 nitrogen and oxygen atoms in total. The minimum Gasteiger partial charge on any atom is -0.477 e. The number of thioether (sulfide) groups is 3. The number of aromatic nitrogens is 1. The molecular formula is C16H18N4O4S3. The zero-order valence-corrected chi connectivity index (χ0v) is 16.9. The Hall–Kier alpha value is -1.69. The lowest BCUT2D eigenvalue weighted by atomic mass is 10.3. The minimum atomic E-state index is -1.17. The third kappa shape index (κ3) is 4.10. The van der Waals surface area contributed by atoms with Crippen LogP contribution in [0.4, 0.5) is 4.79 Å². The van der Waals surface area contributed by atoms with Crippen LogP contribution in [0.15, 0.2) is 34.0 Å². The first kappa shape index (κ1) is 20.1. The molecule has 27 heavy (non-hydrogen) atoms. The Bertz CT molecular complexity index is 789. The summed E-state index contributed by atoms with van der Waals surface area (Å²) in [6.45, 7) is 0.907. The van der Waals surface area contributed by atoms with Gasteiger partial charge in [0.2, 0.25) is 6.41 Å². The Morgan fingerprint density at radius 2 is 2.37 bits per heavy atom. The first-order valence-electron chi connectivity index (χ1n) is 8.06. The maximum Gasteiger partial charge on any atom is 0.353 e. The number of nitrogens with zero attached hydrogens (tertiary/aromatic N) is 3. The molecule has 1 aromatic heterocycles. The molecule has 1 aromatic rings. The van der Waals surface area contributed by atoms with E-state index in [0.29, 0.717) is 17.1 Å². The smallest absolute Gasteiger partial charge is 0.353 e. The Kier molecular flexibility index (Phi) is 6.68. The molecule has 144 valence electrons. The molecule has 0 aromatic carbocycles. The quantitative estimate of drug-likeness (QED) is 0.452. The van der Waals surface area contributed by atoms with Crippen LogP contribution >= 0.6 is 35.3 Å². The monoisotopic (exact) mass is 426 g/mol. The predicted octanol–water partition coefficient (Wildman–Crippen LogP) is 1.85. The lowest BCUT2D eigenvalue weighted by molar-refractivity contribution is -0.137. The summed E-state index contributed by atoms with van der Waals surface area (Å²) in [5.41, 5.74) is 0.411. The van der Waals surface area contributed by atoms with E-state index in [9.17, 15) is 19.5 Å². The summed E-state index contributed by atoms with van der Waals surface area (Å²) in [4.78, 5) is 42.7. The molecule has 2 aliphatic heterocycles. The van der Waals surface area contributed by atoms with Crippen molar-refractivity contribution in [3.63, 3.8) is 0 Å². The van der Waals surface area contributed by atoms with Gasteiger partial charge >= 0.3 is 12.0 Å². The second-order valence-corrected chi connectivity index (χ2v) is 8.91. The van der Waals surface area contributed by atoms with Crippen LogP contribution < -0.4 is 5.32 Å². The predicted molar refractivity (Wildman–Crippen MR) is 106 cm³/mol. The maximum absolute atomic E-state index is 12.1. The number of hydrogen-bond donors (Lipinski definition) is 2. The van der Waals surface area contributed by atoms with E-state index in [1.54, 1.807) is 24.2 Å². The van der Waals surface area contributed by atoms with Gasteiger partial charge in [0.15, 0.2) is 5.50 Å². The lowest BCUT2D eigenvalue weighted by Crippen LogP contribution is -2.66. The van der Waals surface area contributed by atoms with Gasteiger partial charge in [-0.3, -0.25) is 14.7 Å². The number of imide groups is 1. The molecule has 0 spiro atoms. The molecule has 3 amide bonds. The molecule has 3 rings (SSSR count). The first-order valence-corrected chi connectivity index (χ1v) is 11.1. The van der Waals surface area contributed by atoms with Crippen LogP contribution in [-0.2, 0) is 15.3 Å². The van der Waals surface area contributed by atoms with Gasteiger partial charge in [-0.15, -0.1) is 11.8 Å². The Labute approximate surface area is 169 Å². The van der Waals surface area contributed by atoms with E-state index >= 15 is 0 Å². The van der Waals surface area contributed by atoms with E-state index in [0.717, 1.165) is 33.4 Å². The number of nitrogens with one attached hydrogen (secondary N) is 1. The van der Waals surface area contributed by atoms with E-state index in [4.69, 9.17) is 0 Å². The van der Waals surface area contributed by atoms with E-state index in [1.165, 1.54) is 28.4 Å². The van der Waals surface area contributed by atoms with Crippen LogP contribution in [0.2, 0.25) is 0 Å². The highest BCUT2D eigenvalue weighted by molar-refractivity contribution is 8.06. The molecule has 2 N–H and O–H groups in total. The van der Waals surface area contributed by atoms with Crippen molar-refractivity contribution in [2.24, 2.45) is 0 Å². The minimum absolute atomic E-state index is 0.0440. The Morgan fingerprint density at radius 1 is 1.56 bits per heavy atom. The molecule has 0 aliphatic carbocycles. The van der Waals surface area contributed by atoms with Crippen LogP contribution in [0.5, 0.6) is 0 Å². The number of aliphatic carboxylic acids is 1. The third-order valence-corrected chi connectivity index (χ3v) is 7.50. The summed E-state index contributed by atoms with van der Waals surface area (Å²) < 4.78 is 0. The molecule has 0 radical (unpaired) electrons. The fraction of sp³-hybridized carbons (Fsp3) is 0.375. The molecule has 1 fully saturated rings. The van der Waals surface area contributed by atoms with Crippen molar-refractivity contribution in [2.45, 2.75) is 16.1 Å². The molecule has 0 unspecified atom stereocenters. The molecule has 1 saturated heterocycles. The highest BCUT2D eigenvalue weighted by atomic mass is 32.2. The average molecular weight is 427 g/mol. The van der Waals surface area contributed by atoms with E-state index in [-0.39, 0.29) is 5.70 Å². The van der Waals surface area contributed by atoms with E-state index < -0.39 is 17.5 Å². The summed E-state index contributed by atoms with van der Waals surface area (Å²) >= 11 is 4.47. The molecule has 3 heterocycles. The van der Waals surface area contributed by atoms with Gasteiger partial charge in [-0.25, -0.2) is 14.5 Å². The zero-order valence-electron chi connectivity index (χ0n) is 14.5. The molecule has 1 atom stereocenters. The molecule has 2 aliphatic rings. The van der Waals surface area contributed by atoms with Crippen molar-refractivity contribution in [3.8, 4) is 0 Å². The lowest BCUT2D eigenvalue weighted by Gasteiger charge is -2.49. The van der Waals surface area contributed by atoms with Gasteiger partial charge in [-0.2, -0.15) is 11.8 Å². The van der Waals surface area contributed by atoms with Crippen LogP contribution in [0, 0.1) is 0 Å². The number of amides is 3. The van der Waals surface area contributed by atoms with Crippen LogP contribution in [0.25, 0.3) is 0 Å². The number of hydrogen-bond acceptors (Lipinski definition) is 8. The number of urea groups is 1. The van der Waals surface area contributed by atoms with Crippen molar-refractivity contribution < 1.29 is 19.5 Å². The van der Waals surface area contributed by atoms with Gasteiger partial charge in [0.05, 0.1) is 0 Å². The van der Waals surface area contributed by atoms with E-state index in [1.807, 2.05) is 13.1 Å². The normalized spacial score (nSPS) is 19.0. The van der Waals surface area contributed by atoms with Gasteiger partial charge in [-0.05, 0) is 18.7 Å². The van der Waals surface area contributed by atoms with Gasteiger partial charge < -0.3 is 10.4 Å². The molecular weight excluding hydrogens is 408 g/mol. The van der Waals surface area contributed by atoms with Crippen molar-refractivity contribution in [1.29, 1.82) is 0 Å². The number of rotatable bonds is 9. The summed E-state index contributed by atoms with van der Waals surface area (Å²) in [5.74, 6) is 0.977. The summed E-state index contributed by atoms with van der Waals surface area (Å²) in [5, 5.41) is 12.7. The standard InChI is InChI=1S/C16H18N4O4S3/c1-17-4-5-25-7-10-6-18-3-2-11(10)27-12-8-26-16-19(9-21)15(24)20(16)13(12)14(22)23/h2-3,6,9,16-17H,4-5,7-8H2,1H3,(H,22,23)/t16-/m1/s1. The molecule has 11 heteroatoms. The summed E-state index contributed by atoms with van der Waals surface area (Å²) in [6.07, 6.45) is 3.90. The number of carboxylic acid groups (broad SMARTS) is 1. The molecule has 0 saturated carbocycles. The van der Waals surface area contributed by atoms with Gasteiger partial charge in [0, 0.05) is 46.0 Å². The number of carbonyl (C=O) groups excluding carboxylic acids is 2. The Morgan fingerprint density at radius 3 is 3.07 bits per heavy atom. The maximum atomic E-state index is 12.1. The van der Waals surface area contributed by atoms with Crippen molar-refractivity contribution in [3.05, 3.63) is 34.6 Å². The van der Waals surface area contributed by atoms with Crippen LogP contribution in [-0.4, -0.2) is 68.9 Å². The first-order chi connectivity index (χ1) is 13.1. The number of carbonyl (C=O) groups is 3. The highest BCUT2D eigenvalue weighted by Gasteiger charge is 2.51. The summed E-state index contributed by atoms with van der Waals surface area (Å²) in [6, 6.07) is 1.26. The molecule has 0 bridgehead atoms. The third-order valence-electron chi connectivity index (χ3n) is 3.92. The average Bonchev–Trinajstić information content (AvgIpc) is 2.66. The number of pyridine rings is 1. The topological polar surface area (TPSA) is 103 Å². The van der Waals surface area contributed by atoms with Crippen molar-refractivity contribution in [2.75, 3.05) is 25.1 Å². The fourth-order valence-corrected chi connectivity index (χ4v) is 6.09. The second kappa shape index (κ2) is 9.00. The van der Waals surface area contributed by atoms with Crippen molar-refractivity contribution >= 4 is 53.7 Å². The number of carboxylic acids is 1. The highest BCUT2D eigenvalue weighted by Crippen LogP contribution is 2.45.